The van der Waals surface area contributed by atoms with Gasteiger partial charge in [-0.3, -0.25) is 5.10 Å². The first-order valence-corrected chi connectivity index (χ1v) is 7.41. The Balaban J connectivity index is 2.68. The van der Waals surface area contributed by atoms with E-state index in [-0.39, 0.29) is 5.41 Å². The molecule has 5 heteroatoms. The molecule has 0 saturated carbocycles. The number of nitrogens with zero attached hydrogens (tertiary/aromatic N) is 1. The molecule has 0 aliphatic rings. The van der Waals surface area contributed by atoms with Gasteiger partial charge in [0.1, 0.15) is 0 Å². The Morgan fingerprint density at radius 2 is 1.86 bits per heavy atom. The van der Waals surface area contributed by atoms with Crippen LogP contribution < -0.4 is 15.2 Å². The molecule has 0 fully saturated rings. The van der Waals surface area contributed by atoms with Gasteiger partial charge in [0.2, 0.25) is 0 Å². The van der Waals surface area contributed by atoms with Crippen molar-refractivity contribution >= 4 is 0 Å². The van der Waals surface area contributed by atoms with E-state index in [0.717, 1.165) is 34.6 Å². The van der Waals surface area contributed by atoms with Gasteiger partial charge >= 0.3 is 0 Å². The number of nitrogens with one attached hydrogen (secondary N) is 1. The molecule has 2 rings (SSSR count). The second-order valence-corrected chi connectivity index (χ2v) is 6.33. The van der Waals surface area contributed by atoms with Gasteiger partial charge in [0, 0.05) is 22.2 Å². The number of aromatic nitrogens is 2. The van der Waals surface area contributed by atoms with Crippen LogP contribution in [0.3, 0.4) is 0 Å². The molecule has 0 atom stereocenters. The normalized spacial score (nSPS) is 11.5. The zero-order valence-corrected chi connectivity index (χ0v) is 14.0. The van der Waals surface area contributed by atoms with Crippen molar-refractivity contribution in [2.45, 2.75) is 32.6 Å². The third-order valence-electron chi connectivity index (χ3n) is 3.65. The summed E-state index contributed by atoms with van der Waals surface area (Å²) >= 11 is 0. The number of ether oxygens (including phenoxy) is 2. The second-order valence-electron chi connectivity index (χ2n) is 6.33. The lowest BCUT2D eigenvalue weighted by molar-refractivity contribution is 0.355. The van der Waals surface area contributed by atoms with E-state index in [4.69, 9.17) is 15.2 Å². The number of aromatic amines is 1. The zero-order valence-electron chi connectivity index (χ0n) is 14.0. The van der Waals surface area contributed by atoms with Crippen molar-refractivity contribution in [3.63, 3.8) is 0 Å². The summed E-state index contributed by atoms with van der Waals surface area (Å²) in [5, 5.41) is 7.34. The molecular formula is C17H25N3O2. The van der Waals surface area contributed by atoms with Gasteiger partial charge in [-0.25, -0.2) is 0 Å². The van der Waals surface area contributed by atoms with E-state index in [1.807, 2.05) is 12.3 Å². The largest absolute Gasteiger partial charge is 0.493 e. The maximum Gasteiger partial charge on any atom is 0.168 e. The van der Waals surface area contributed by atoms with Crippen LogP contribution in [-0.4, -0.2) is 31.0 Å². The lowest BCUT2D eigenvalue weighted by atomic mass is 9.87. The minimum absolute atomic E-state index is 0.0477. The fourth-order valence-electron chi connectivity index (χ4n) is 2.59. The predicted molar refractivity (Wildman–Crippen MR) is 88.6 cm³/mol. The second kappa shape index (κ2) is 6.40. The summed E-state index contributed by atoms with van der Waals surface area (Å²) in [6, 6.07) is 4.08. The Hall–Kier alpha value is -2.01. The summed E-state index contributed by atoms with van der Waals surface area (Å²) in [7, 11) is 3.30. The monoisotopic (exact) mass is 303 g/mol. The Morgan fingerprint density at radius 3 is 2.41 bits per heavy atom. The van der Waals surface area contributed by atoms with Gasteiger partial charge in [-0.1, -0.05) is 20.8 Å². The minimum atomic E-state index is -0.0477. The fraction of sp³-hybridized carbons (Fsp3) is 0.471. The molecule has 0 aliphatic carbocycles. The van der Waals surface area contributed by atoms with Crippen molar-refractivity contribution in [3.8, 4) is 22.6 Å². The molecule has 120 valence electrons. The predicted octanol–water partition coefficient (Wildman–Crippen LogP) is 2.89. The summed E-state index contributed by atoms with van der Waals surface area (Å²) in [5.74, 6) is 1.43. The average Bonchev–Trinajstić information content (AvgIpc) is 2.96. The number of hydrogen-bond acceptors (Lipinski definition) is 4. The first-order chi connectivity index (χ1) is 10.4. The van der Waals surface area contributed by atoms with Crippen molar-refractivity contribution < 1.29 is 9.47 Å². The van der Waals surface area contributed by atoms with Crippen LogP contribution in [0.1, 0.15) is 32.0 Å². The molecule has 0 spiro atoms. The Labute approximate surface area is 131 Å². The van der Waals surface area contributed by atoms with Crippen LogP contribution in [-0.2, 0) is 11.8 Å². The third kappa shape index (κ3) is 3.09. The van der Waals surface area contributed by atoms with Crippen molar-refractivity contribution in [1.29, 1.82) is 0 Å². The molecule has 1 aromatic heterocycles. The molecule has 0 bridgehead atoms. The van der Waals surface area contributed by atoms with E-state index in [9.17, 15) is 0 Å². The molecule has 22 heavy (non-hydrogen) atoms. The molecule has 0 radical (unpaired) electrons. The summed E-state index contributed by atoms with van der Waals surface area (Å²) in [6.45, 7) is 7.04. The number of rotatable bonds is 5. The molecular weight excluding hydrogens is 278 g/mol. The van der Waals surface area contributed by atoms with Crippen LogP contribution in [0.5, 0.6) is 11.5 Å². The Morgan fingerprint density at radius 1 is 1.14 bits per heavy atom. The van der Waals surface area contributed by atoms with Gasteiger partial charge < -0.3 is 15.2 Å². The summed E-state index contributed by atoms with van der Waals surface area (Å²) < 4.78 is 11.1. The van der Waals surface area contributed by atoms with E-state index < -0.39 is 0 Å². The van der Waals surface area contributed by atoms with Crippen LogP contribution in [0.4, 0.5) is 0 Å². The third-order valence-corrected chi connectivity index (χ3v) is 3.65. The number of methoxy groups -OCH3 is 2. The lowest BCUT2D eigenvalue weighted by Gasteiger charge is -2.20. The van der Waals surface area contributed by atoms with Crippen LogP contribution in [0, 0.1) is 0 Å². The molecule has 0 saturated heterocycles. The highest BCUT2D eigenvalue weighted by molar-refractivity contribution is 5.76. The number of hydrogen-bond donors (Lipinski definition) is 2. The van der Waals surface area contributed by atoms with E-state index >= 15 is 0 Å². The fourth-order valence-corrected chi connectivity index (χ4v) is 2.59. The first kappa shape index (κ1) is 16.4. The van der Waals surface area contributed by atoms with Crippen LogP contribution in [0.2, 0.25) is 0 Å². The number of benzene rings is 1. The van der Waals surface area contributed by atoms with Gasteiger partial charge in [0.05, 0.1) is 20.4 Å². The minimum Gasteiger partial charge on any atom is -0.493 e. The van der Waals surface area contributed by atoms with Gasteiger partial charge in [-0.15, -0.1) is 0 Å². The van der Waals surface area contributed by atoms with Crippen molar-refractivity contribution in [3.05, 3.63) is 29.6 Å². The summed E-state index contributed by atoms with van der Waals surface area (Å²) in [5.41, 5.74) is 9.85. The average molecular weight is 303 g/mol. The van der Waals surface area contributed by atoms with E-state index in [1.54, 1.807) is 14.2 Å². The lowest BCUT2D eigenvalue weighted by Crippen LogP contribution is -2.13. The molecule has 0 unspecified atom stereocenters. The van der Waals surface area contributed by atoms with E-state index in [0.29, 0.717) is 12.3 Å². The standard InChI is InChI=1S/C17H25N3O2/c1-17(2,3)16-13(10-19-20-16)12-8-11(6-7-18)9-14(21-4)15(12)22-5/h8-10H,6-7,18H2,1-5H3,(H,19,20). The summed E-state index contributed by atoms with van der Waals surface area (Å²) in [6.07, 6.45) is 2.63. The molecule has 0 amide bonds. The zero-order chi connectivity index (χ0) is 16.3. The molecule has 5 nitrogen and oxygen atoms in total. The van der Waals surface area contributed by atoms with Crippen LogP contribution in [0.25, 0.3) is 11.1 Å². The van der Waals surface area contributed by atoms with Crippen molar-refractivity contribution in [1.82, 2.24) is 10.2 Å². The topological polar surface area (TPSA) is 73.2 Å². The smallest absolute Gasteiger partial charge is 0.168 e. The van der Waals surface area contributed by atoms with Crippen molar-refractivity contribution in [2.75, 3.05) is 20.8 Å². The Bertz CT molecular complexity index is 642. The van der Waals surface area contributed by atoms with E-state index in [1.165, 1.54) is 0 Å². The molecule has 2 aromatic rings. The maximum absolute atomic E-state index is 5.70. The quantitative estimate of drug-likeness (QED) is 0.891. The van der Waals surface area contributed by atoms with Gasteiger partial charge in [0.25, 0.3) is 0 Å². The van der Waals surface area contributed by atoms with Crippen LogP contribution in [0.15, 0.2) is 18.3 Å². The molecule has 0 aliphatic heterocycles. The van der Waals surface area contributed by atoms with E-state index in [2.05, 4.69) is 37.0 Å². The molecule has 1 aromatic carbocycles. The highest BCUT2D eigenvalue weighted by atomic mass is 16.5. The SMILES string of the molecule is COc1cc(CCN)cc(-c2cn[nH]c2C(C)(C)C)c1OC. The number of nitrogens with two attached hydrogens (primary N) is 1. The van der Waals surface area contributed by atoms with Gasteiger partial charge in [-0.2, -0.15) is 5.10 Å². The summed E-state index contributed by atoms with van der Waals surface area (Å²) in [4.78, 5) is 0. The number of H-pyrrole nitrogens is 1. The highest BCUT2D eigenvalue weighted by Crippen LogP contribution is 2.42. The first-order valence-electron chi connectivity index (χ1n) is 7.41. The van der Waals surface area contributed by atoms with Crippen LogP contribution >= 0.6 is 0 Å². The highest BCUT2D eigenvalue weighted by Gasteiger charge is 2.24. The molecule has 1 heterocycles. The van der Waals surface area contributed by atoms with Gasteiger partial charge in [-0.05, 0) is 30.7 Å². The van der Waals surface area contributed by atoms with Crippen molar-refractivity contribution in [2.24, 2.45) is 5.73 Å². The molecule has 3 N–H and O–H groups in total. The maximum atomic E-state index is 5.70. The van der Waals surface area contributed by atoms with Gasteiger partial charge in [0.15, 0.2) is 11.5 Å². The Kier molecular flexibility index (Phi) is 4.76.